The third-order valence-electron chi connectivity index (χ3n) is 4.19. The SMILES string of the molecule is CC(=O)N1CCC(NC(C)c2ccccc2Br)C(C)C1. The molecule has 0 bridgehead atoms. The maximum Gasteiger partial charge on any atom is 0.219 e. The van der Waals surface area contributed by atoms with Gasteiger partial charge in [-0.15, -0.1) is 0 Å². The van der Waals surface area contributed by atoms with Gasteiger partial charge >= 0.3 is 0 Å². The highest BCUT2D eigenvalue weighted by atomic mass is 79.9. The van der Waals surface area contributed by atoms with Crippen LogP contribution in [0.15, 0.2) is 28.7 Å². The minimum Gasteiger partial charge on any atom is -0.343 e. The zero-order valence-electron chi connectivity index (χ0n) is 12.4. The molecule has 1 saturated heterocycles. The van der Waals surface area contributed by atoms with E-state index in [0.717, 1.165) is 24.0 Å². The summed E-state index contributed by atoms with van der Waals surface area (Å²) in [4.78, 5) is 13.4. The molecule has 1 aromatic carbocycles. The van der Waals surface area contributed by atoms with E-state index in [1.807, 2.05) is 11.0 Å². The molecular formula is C16H23BrN2O. The summed E-state index contributed by atoms with van der Waals surface area (Å²) in [5.41, 5.74) is 1.29. The van der Waals surface area contributed by atoms with E-state index in [1.54, 1.807) is 6.92 Å². The Hall–Kier alpha value is -0.870. The molecule has 0 aromatic heterocycles. The number of piperidine rings is 1. The van der Waals surface area contributed by atoms with Crippen LogP contribution in [0.5, 0.6) is 0 Å². The predicted octanol–water partition coefficient (Wildman–Crippen LogP) is 3.36. The van der Waals surface area contributed by atoms with Crippen molar-refractivity contribution in [2.24, 2.45) is 5.92 Å². The van der Waals surface area contributed by atoms with Crippen molar-refractivity contribution >= 4 is 21.8 Å². The lowest BCUT2D eigenvalue weighted by molar-refractivity contribution is -0.130. The van der Waals surface area contributed by atoms with Crippen molar-refractivity contribution < 1.29 is 4.79 Å². The van der Waals surface area contributed by atoms with Crippen LogP contribution in [-0.2, 0) is 4.79 Å². The van der Waals surface area contributed by atoms with E-state index in [-0.39, 0.29) is 5.91 Å². The fourth-order valence-electron chi connectivity index (χ4n) is 2.92. The number of amides is 1. The molecule has 1 amide bonds. The molecule has 110 valence electrons. The van der Waals surface area contributed by atoms with Crippen LogP contribution in [-0.4, -0.2) is 29.9 Å². The van der Waals surface area contributed by atoms with Gasteiger partial charge in [-0.1, -0.05) is 41.1 Å². The summed E-state index contributed by atoms with van der Waals surface area (Å²) in [5.74, 6) is 0.673. The highest BCUT2D eigenvalue weighted by Crippen LogP contribution is 2.25. The van der Waals surface area contributed by atoms with Crippen molar-refractivity contribution in [3.05, 3.63) is 34.3 Å². The standard InChI is InChI=1S/C16H23BrN2O/c1-11-10-19(13(3)20)9-8-16(11)18-12(2)14-6-4-5-7-15(14)17/h4-7,11-12,16,18H,8-10H2,1-3H3. The molecule has 3 unspecified atom stereocenters. The Morgan fingerprint density at radius 2 is 2.15 bits per heavy atom. The van der Waals surface area contributed by atoms with Crippen LogP contribution in [0.1, 0.15) is 38.8 Å². The highest BCUT2D eigenvalue weighted by molar-refractivity contribution is 9.10. The minimum atomic E-state index is 0.189. The lowest BCUT2D eigenvalue weighted by atomic mass is 9.92. The molecule has 1 aliphatic heterocycles. The average Bonchev–Trinajstić information content (AvgIpc) is 2.41. The number of carbonyl (C=O) groups excluding carboxylic acids is 1. The number of benzene rings is 1. The molecule has 1 N–H and O–H groups in total. The molecule has 4 heteroatoms. The number of halogens is 1. The maximum atomic E-state index is 11.4. The predicted molar refractivity (Wildman–Crippen MR) is 85.5 cm³/mol. The first-order chi connectivity index (χ1) is 9.49. The second kappa shape index (κ2) is 6.72. The molecule has 0 radical (unpaired) electrons. The summed E-state index contributed by atoms with van der Waals surface area (Å²) in [6.45, 7) is 7.80. The van der Waals surface area contributed by atoms with E-state index < -0.39 is 0 Å². The minimum absolute atomic E-state index is 0.189. The summed E-state index contributed by atoms with van der Waals surface area (Å²) in [7, 11) is 0. The first-order valence-corrected chi connectivity index (χ1v) is 8.04. The summed E-state index contributed by atoms with van der Waals surface area (Å²) >= 11 is 3.61. The van der Waals surface area contributed by atoms with Crippen molar-refractivity contribution in [3.63, 3.8) is 0 Å². The van der Waals surface area contributed by atoms with E-state index in [9.17, 15) is 4.79 Å². The van der Waals surface area contributed by atoms with Crippen LogP contribution in [0.4, 0.5) is 0 Å². The van der Waals surface area contributed by atoms with Crippen molar-refractivity contribution in [3.8, 4) is 0 Å². The summed E-state index contributed by atoms with van der Waals surface area (Å²) in [6, 6.07) is 9.11. The Morgan fingerprint density at radius 3 is 2.75 bits per heavy atom. The normalized spacial score (nSPS) is 24.5. The van der Waals surface area contributed by atoms with Gasteiger partial charge in [-0.2, -0.15) is 0 Å². The topological polar surface area (TPSA) is 32.3 Å². The van der Waals surface area contributed by atoms with Crippen LogP contribution in [0.25, 0.3) is 0 Å². The van der Waals surface area contributed by atoms with Crippen molar-refractivity contribution in [2.45, 2.75) is 39.3 Å². The second-order valence-corrected chi connectivity index (χ2v) is 6.60. The molecule has 0 spiro atoms. The molecule has 3 nitrogen and oxygen atoms in total. The lowest BCUT2D eigenvalue weighted by Gasteiger charge is -2.38. The molecule has 1 aliphatic rings. The number of hydrogen-bond donors (Lipinski definition) is 1. The van der Waals surface area contributed by atoms with Crippen molar-refractivity contribution in [1.29, 1.82) is 0 Å². The zero-order chi connectivity index (χ0) is 14.7. The fourth-order valence-corrected chi connectivity index (χ4v) is 3.54. The van der Waals surface area contributed by atoms with Crippen LogP contribution < -0.4 is 5.32 Å². The second-order valence-electron chi connectivity index (χ2n) is 5.75. The average molecular weight is 339 g/mol. The number of hydrogen-bond acceptors (Lipinski definition) is 2. The Bertz CT molecular complexity index is 477. The van der Waals surface area contributed by atoms with Gasteiger partial charge in [-0.05, 0) is 30.9 Å². The van der Waals surface area contributed by atoms with Gasteiger partial charge < -0.3 is 10.2 Å². The van der Waals surface area contributed by atoms with Crippen molar-refractivity contribution in [2.75, 3.05) is 13.1 Å². The molecule has 1 aromatic rings. The molecular weight excluding hydrogens is 316 g/mol. The zero-order valence-corrected chi connectivity index (χ0v) is 14.0. The van der Waals surface area contributed by atoms with Gasteiger partial charge in [-0.25, -0.2) is 0 Å². The number of rotatable bonds is 3. The van der Waals surface area contributed by atoms with E-state index in [4.69, 9.17) is 0 Å². The van der Waals surface area contributed by atoms with Gasteiger partial charge in [0, 0.05) is 36.6 Å². The third kappa shape index (κ3) is 3.61. The number of carbonyl (C=O) groups is 1. The van der Waals surface area contributed by atoms with E-state index in [2.05, 4.69) is 53.3 Å². The monoisotopic (exact) mass is 338 g/mol. The summed E-state index contributed by atoms with van der Waals surface area (Å²) in [6.07, 6.45) is 1.02. The lowest BCUT2D eigenvalue weighted by Crippen LogP contribution is -2.50. The van der Waals surface area contributed by atoms with E-state index in [0.29, 0.717) is 18.0 Å². The Balaban J connectivity index is 1.97. The van der Waals surface area contributed by atoms with Crippen LogP contribution in [0.3, 0.4) is 0 Å². The van der Waals surface area contributed by atoms with Crippen LogP contribution in [0, 0.1) is 5.92 Å². The number of nitrogens with zero attached hydrogens (tertiary/aromatic N) is 1. The van der Waals surface area contributed by atoms with E-state index >= 15 is 0 Å². The molecule has 20 heavy (non-hydrogen) atoms. The van der Waals surface area contributed by atoms with Crippen LogP contribution in [0.2, 0.25) is 0 Å². The maximum absolute atomic E-state index is 11.4. The fraction of sp³-hybridized carbons (Fsp3) is 0.562. The molecule has 1 heterocycles. The highest BCUT2D eigenvalue weighted by Gasteiger charge is 2.28. The molecule has 2 rings (SSSR count). The summed E-state index contributed by atoms with van der Waals surface area (Å²) in [5, 5.41) is 3.72. The molecule has 3 atom stereocenters. The van der Waals surface area contributed by atoms with Gasteiger partial charge in [0.15, 0.2) is 0 Å². The van der Waals surface area contributed by atoms with Gasteiger partial charge in [0.25, 0.3) is 0 Å². The van der Waals surface area contributed by atoms with Gasteiger partial charge in [0.2, 0.25) is 5.91 Å². The first kappa shape index (κ1) is 15.5. The van der Waals surface area contributed by atoms with Crippen LogP contribution >= 0.6 is 15.9 Å². The number of likely N-dealkylation sites (tertiary alicyclic amines) is 1. The van der Waals surface area contributed by atoms with Crippen molar-refractivity contribution in [1.82, 2.24) is 10.2 Å². The quantitative estimate of drug-likeness (QED) is 0.916. The Morgan fingerprint density at radius 1 is 1.45 bits per heavy atom. The van der Waals surface area contributed by atoms with Gasteiger partial charge in [0.05, 0.1) is 0 Å². The Kier molecular flexibility index (Phi) is 5.22. The molecule has 1 fully saturated rings. The smallest absolute Gasteiger partial charge is 0.219 e. The van der Waals surface area contributed by atoms with Gasteiger partial charge in [-0.3, -0.25) is 4.79 Å². The van der Waals surface area contributed by atoms with E-state index in [1.165, 1.54) is 5.56 Å². The third-order valence-corrected chi connectivity index (χ3v) is 4.91. The Labute approximate surface area is 129 Å². The first-order valence-electron chi connectivity index (χ1n) is 7.25. The molecule has 0 aliphatic carbocycles. The largest absolute Gasteiger partial charge is 0.343 e. The molecule has 0 saturated carbocycles. The van der Waals surface area contributed by atoms with Gasteiger partial charge in [0.1, 0.15) is 0 Å². The number of nitrogens with one attached hydrogen (secondary N) is 1. The summed E-state index contributed by atoms with van der Waals surface area (Å²) < 4.78 is 1.15.